The molecule has 7 nitrogen and oxygen atoms in total. The zero-order valence-corrected chi connectivity index (χ0v) is 16.6. The van der Waals surface area contributed by atoms with E-state index in [-0.39, 0.29) is 22.3 Å². The number of hydrogen-bond donors (Lipinski definition) is 0. The molecule has 0 radical (unpaired) electrons. The van der Waals surface area contributed by atoms with Crippen LogP contribution in [0.25, 0.3) is 0 Å². The van der Waals surface area contributed by atoms with Crippen LogP contribution < -0.4 is 14.4 Å². The number of nitrogens with zero attached hydrogens (tertiary/aromatic N) is 2. The molecule has 0 bridgehead atoms. The lowest BCUT2D eigenvalue weighted by molar-refractivity contribution is -0.139. The van der Waals surface area contributed by atoms with Crippen molar-refractivity contribution in [3.63, 3.8) is 0 Å². The minimum Gasteiger partial charge on any atom is -0.493 e. The molecule has 4 amide bonds. The smallest absolute Gasteiger partial charge is 0.338 e. The van der Waals surface area contributed by atoms with Crippen LogP contribution in [0, 0.1) is 0 Å². The minimum atomic E-state index is -0.935. The first-order valence-corrected chi connectivity index (χ1v) is 8.98. The molecule has 0 atom stereocenters. The molecule has 1 heterocycles. The lowest BCUT2D eigenvalue weighted by Crippen LogP contribution is -2.34. The van der Waals surface area contributed by atoms with Crippen LogP contribution in [-0.2, 0) is 16.0 Å². The second-order valence-corrected chi connectivity index (χ2v) is 6.73. The number of halogens is 2. The molecule has 2 aromatic rings. The number of imide groups is 2. The number of methoxy groups -OCH3 is 2. The van der Waals surface area contributed by atoms with E-state index in [0.29, 0.717) is 17.9 Å². The maximum absolute atomic E-state index is 12.7. The third-order valence-corrected chi connectivity index (χ3v) is 5.03. The van der Waals surface area contributed by atoms with E-state index in [2.05, 4.69) is 0 Å². The zero-order valence-electron chi connectivity index (χ0n) is 15.1. The van der Waals surface area contributed by atoms with Crippen LogP contribution in [0.4, 0.5) is 10.5 Å². The molecule has 146 valence electrons. The maximum Gasteiger partial charge on any atom is 0.338 e. The quantitative estimate of drug-likeness (QED) is 0.525. The monoisotopic (exact) mass is 422 g/mol. The molecule has 0 unspecified atom stereocenters. The predicted octanol–water partition coefficient (Wildman–Crippen LogP) is 3.55. The molecule has 9 heteroatoms. The fraction of sp³-hybridized carbons (Fsp3) is 0.211. The molecule has 0 aromatic heterocycles. The maximum atomic E-state index is 12.7. The standard InChI is InChI=1S/C19H16Cl2N2O5/c1-27-15-6-3-11(9-16(15)28-2)7-8-22-17(24)18(25)23(19(22)26)12-4-5-13(20)14(21)10-12/h3-6,9-10H,7-8H2,1-2H3. The van der Waals surface area contributed by atoms with Crippen molar-refractivity contribution in [2.75, 3.05) is 25.7 Å². The number of carbonyl (C=O) groups is 3. The highest BCUT2D eigenvalue weighted by Crippen LogP contribution is 2.31. The summed E-state index contributed by atoms with van der Waals surface area (Å²) in [5, 5.41) is 0.456. The van der Waals surface area contributed by atoms with Crippen LogP contribution in [-0.4, -0.2) is 43.5 Å². The van der Waals surface area contributed by atoms with Crippen molar-refractivity contribution in [3.8, 4) is 11.5 Å². The topological polar surface area (TPSA) is 76.2 Å². The largest absolute Gasteiger partial charge is 0.493 e. The summed E-state index contributed by atoms with van der Waals surface area (Å²) in [4.78, 5) is 39.0. The Hall–Kier alpha value is -2.77. The van der Waals surface area contributed by atoms with Gasteiger partial charge in [0.15, 0.2) is 11.5 Å². The van der Waals surface area contributed by atoms with Crippen molar-refractivity contribution in [1.29, 1.82) is 0 Å². The number of benzene rings is 2. The zero-order chi connectivity index (χ0) is 20.4. The van der Waals surface area contributed by atoms with E-state index in [1.807, 2.05) is 0 Å². The molecule has 2 aromatic carbocycles. The molecule has 0 spiro atoms. The number of ether oxygens (including phenoxy) is 2. The lowest BCUT2D eigenvalue weighted by atomic mass is 10.1. The van der Waals surface area contributed by atoms with Gasteiger partial charge < -0.3 is 9.47 Å². The van der Waals surface area contributed by atoms with Crippen LogP contribution in [0.15, 0.2) is 36.4 Å². The SMILES string of the molecule is COc1ccc(CCN2C(=O)C(=O)N(c3ccc(Cl)c(Cl)c3)C2=O)cc1OC. The Labute approximate surface area is 171 Å². The van der Waals surface area contributed by atoms with Gasteiger partial charge in [0, 0.05) is 6.54 Å². The van der Waals surface area contributed by atoms with Crippen LogP contribution in [0.1, 0.15) is 5.56 Å². The van der Waals surface area contributed by atoms with Gasteiger partial charge in [-0.05, 0) is 42.3 Å². The normalized spacial score (nSPS) is 14.1. The fourth-order valence-electron chi connectivity index (χ4n) is 2.83. The Bertz CT molecular complexity index is 963. The van der Waals surface area contributed by atoms with Gasteiger partial charge in [-0.1, -0.05) is 29.3 Å². The summed E-state index contributed by atoms with van der Waals surface area (Å²) in [5.74, 6) is -0.722. The number of rotatable bonds is 6. The highest BCUT2D eigenvalue weighted by Gasteiger charge is 2.45. The van der Waals surface area contributed by atoms with Crippen molar-refractivity contribution < 1.29 is 23.9 Å². The average Bonchev–Trinajstić information content (AvgIpc) is 2.90. The lowest BCUT2D eigenvalue weighted by Gasteiger charge is -2.16. The van der Waals surface area contributed by atoms with Crippen LogP contribution >= 0.6 is 23.2 Å². The number of carbonyl (C=O) groups excluding carboxylic acids is 3. The number of amides is 4. The molecule has 1 aliphatic heterocycles. The molecule has 1 saturated heterocycles. The van der Waals surface area contributed by atoms with E-state index in [9.17, 15) is 14.4 Å². The van der Waals surface area contributed by atoms with Crippen molar-refractivity contribution in [3.05, 3.63) is 52.0 Å². The van der Waals surface area contributed by atoms with E-state index in [1.165, 1.54) is 32.4 Å². The molecule has 3 rings (SSSR count). The first-order chi connectivity index (χ1) is 13.4. The molecular weight excluding hydrogens is 407 g/mol. The summed E-state index contributed by atoms with van der Waals surface area (Å²) >= 11 is 11.8. The van der Waals surface area contributed by atoms with E-state index in [1.54, 1.807) is 18.2 Å². The highest BCUT2D eigenvalue weighted by molar-refractivity contribution is 6.53. The summed E-state index contributed by atoms with van der Waals surface area (Å²) in [6, 6.07) is 8.83. The molecule has 28 heavy (non-hydrogen) atoms. The number of anilines is 1. The Morgan fingerprint density at radius 2 is 1.57 bits per heavy atom. The van der Waals surface area contributed by atoms with E-state index >= 15 is 0 Å². The Balaban J connectivity index is 1.78. The Morgan fingerprint density at radius 1 is 0.857 bits per heavy atom. The first kappa shape index (κ1) is 20.0. The second-order valence-electron chi connectivity index (χ2n) is 5.92. The van der Waals surface area contributed by atoms with E-state index < -0.39 is 17.8 Å². The number of urea groups is 1. The fourth-order valence-corrected chi connectivity index (χ4v) is 3.12. The van der Waals surface area contributed by atoms with Gasteiger partial charge >= 0.3 is 17.8 Å². The van der Waals surface area contributed by atoms with Crippen molar-refractivity contribution in [1.82, 2.24) is 4.90 Å². The molecule has 1 fully saturated rings. The summed E-state index contributed by atoms with van der Waals surface area (Å²) in [6.07, 6.45) is 0.348. The van der Waals surface area contributed by atoms with E-state index in [0.717, 1.165) is 15.4 Å². The van der Waals surface area contributed by atoms with E-state index in [4.69, 9.17) is 32.7 Å². The first-order valence-electron chi connectivity index (χ1n) is 8.23. The molecule has 0 aliphatic carbocycles. The van der Waals surface area contributed by atoms with Crippen LogP contribution in [0.3, 0.4) is 0 Å². The van der Waals surface area contributed by atoms with Gasteiger partial charge in [0.05, 0.1) is 30.0 Å². The Morgan fingerprint density at radius 3 is 2.21 bits per heavy atom. The molecule has 0 saturated carbocycles. The summed E-state index contributed by atoms with van der Waals surface area (Å²) in [7, 11) is 3.05. The van der Waals surface area contributed by atoms with Gasteiger partial charge in [0.2, 0.25) is 0 Å². The number of hydrogen-bond acceptors (Lipinski definition) is 5. The summed E-state index contributed by atoms with van der Waals surface area (Å²) in [6.45, 7) is 0.0384. The summed E-state index contributed by atoms with van der Waals surface area (Å²) < 4.78 is 10.4. The Kier molecular flexibility index (Phi) is 5.76. The minimum absolute atomic E-state index is 0.0384. The van der Waals surface area contributed by atoms with Crippen molar-refractivity contribution in [2.24, 2.45) is 0 Å². The third-order valence-electron chi connectivity index (χ3n) is 4.29. The van der Waals surface area contributed by atoms with Crippen LogP contribution in [0.2, 0.25) is 10.0 Å². The van der Waals surface area contributed by atoms with Gasteiger partial charge in [-0.25, -0.2) is 9.69 Å². The summed E-state index contributed by atoms with van der Waals surface area (Å²) in [5.41, 5.74) is 1.00. The highest BCUT2D eigenvalue weighted by atomic mass is 35.5. The van der Waals surface area contributed by atoms with Crippen LogP contribution in [0.5, 0.6) is 11.5 Å². The van der Waals surface area contributed by atoms with Gasteiger partial charge in [0.25, 0.3) is 0 Å². The third kappa shape index (κ3) is 3.63. The van der Waals surface area contributed by atoms with Crippen molar-refractivity contribution in [2.45, 2.75) is 6.42 Å². The van der Waals surface area contributed by atoms with Gasteiger partial charge in [0.1, 0.15) is 0 Å². The molecule has 1 aliphatic rings. The van der Waals surface area contributed by atoms with Gasteiger partial charge in [-0.2, -0.15) is 0 Å². The predicted molar refractivity (Wildman–Crippen MR) is 104 cm³/mol. The second kappa shape index (κ2) is 8.08. The molecule has 0 N–H and O–H groups in total. The van der Waals surface area contributed by atoms with Crippen molar-refractivity contribution >= 4 is 46.7 Å². The van der Waals surface area contributed by atoms with Gasteiger partial charge in [-0.15, -0.1) is 0 Å². The molecular formula is C19H16Cl2N2O5. The average molecular weight is 423 g/mol. The van der Waals surface area contributed by atoms with Gasteiger partial charge in [-0.3, -0.25) is 14.5 Å².